The summed E-state index contributed by atoms with van der Waals surface area (Å²) in [6, 6.07) is 24.2. The first-order chi connectivity index (χ1) is 16.7. The topological polar surface area (TPSA) is 94.5 Å². The van der Waals surface area contributed by atoms with Crippen LogP contribution in [0.5, 0.6) is 11.5 Å². The third kappa shape index (κ3) is 4.51. The predicted molar refractivity (Wildman–Crippen MR) is 126 cm³/mol. The van der Waals surface area contributed by atoms with Gasteiger partial charge in [0.25, 0.3) is 11.8 Å². The van der Waals surface area contributed by atoms with Crippen LogP contribution in [0.1, 0.15) is 15.9 Å². The number of rotatable bonds is 5. The van der Waals surface area contributed by atoms with Crippen LogP contribution < -0.4 is 20.3 Å². The van der Waals surface area contributed by atoms with E-state index in [0.29, 0.717) is 17.1 Å². The van der Waals surface area contributed by atoms with Gasteiger partial charge in [-0.1, -0.05) is 48.5 Å². The number of carbonyl (C=O) groups excluding carboxylic acids is 2. The Bertz CT molecular complexity index is 1360. The molecule has 2 N–H and O–H groups in total. The largest absolute Gasteiger partial charge is 0.454 e. The molecular formula is C26H20N4O4. The van der Waals surface area contributed by atoms with Gasteiger partial charge in [0.15, 0.2) is 11.5 Å². The van der Waals surface area contributed by atoms with E-state index in [1.165, 1.54) is 6.08 Å². The third-order valence-corrected chi connectivity index (χ3v) is 5.16. The molecule has 2 heterocycles. The average Bonchev–Trinajstić information content (AvgIpc) is 3.54. The van der Waals surface area contributed by atoms with Crippen LogP contribution in [0.15, 0.2) is 91.1 Å². The molecule has 8 nitrogen and oxygen atoms in total. The minimum Gasteiger partial charge on any atom is -0.454 e. The van der Waals surface area contributed by atoms with Gasteiger partial charge in [0.05, 0.1) is 11.4 Å². The van der Waals surface area contributed by atoms with Crippen molar-refractivity contribution in [2.75, 3.05) is 6.79 Å². The molecule has 5 rings (SSSR count). The molecule has 0 unspecified atom stereocenters. The van der Waals surface area contributed by atoms with Crippen LogP contribution in [0.3, 0.4) is 0 Å². The fraction of sp³-hybridized carbons (Fsp3) is 0.0385. The van der Waals surface area contributed by atoms with E-state index in [2.05, 4.69) is 10.9 Å². The molecule has 4 aromatic rings. The van der Waals surface area contributed by atoms with Crippen molar-refractivity contribution in [2.45, 2.75) is 0 Å². The first-order valence-corrected chi connectivity index (χ1v) is 10.6. The molecule has 0 spiro atoms. The molecule has 2 amide bonds. The number of para-hydroxylation sites is 1. The summed E-state index contributed by atoms with van der Waals surface area (Å²) >= 11 is 0. The van der Waals surface area contributed by atoms with Crippen molar-refractivity contribution < 1.29 is 19.1 Å². The zero-order valence-corrected chi connectivity index (χ0v) is 18.0. The van der Waals surface area contributed by atoms with Crippen molar-refractivity contribution in [3.63, 3.8) is 0 Å². The van der Waals surface area contributed by atoms with Gasteiger partial charge in [-0.15, -0.1) is 0 Å². The number of nitrogens with zero attached hydrogens (tertiary/aromatic N) is 2. The van der Waals surface area contributed by atoms with Crippen LogP contribution in [-0.4, -0.2) is 28.4 Å². The normalized spacial score (nSPS) is 12.0. The van der Waals surface area contributed by atoms with Gasteiger partial charge in [-0.2, -0.15) is 5.10 Å². The highest BCUT2D eigenvalue weighted by Crippen LogP contribution is 2.32. The van der Waals surface area contributed by atoms with Crippen molar-refractivity contribution >= 4 is 17.9 Å². The number of hydrogen-bond acceptors (Lipinski definition) is 5. The molecule has 0 fully saturated rings. The molecule has 0 bridgehead atoms. The maximum absolute atomic E-state index is 12.4. The SMILES string of the molecule is O=C(C=Cc1cn(-c2ccccc2)nc1-c1ccccc1)NNC(=O)c1ccc2c(c1)OCO2. The predicted octanol–water partition coefficient (Wildman–Crippen LogP) is 3.74. The Hall–Kier alpha value is -4.85. The fourth-order valence-corrected chi connectivity index (χ4v) is 3.48. The highest BCUT2D eigenvalue weighted by molar-refractivity contribution is 5.98. The van der Waals surface area contributed by atoms with Gasteiger partial charge < -0.3 is 9.47 Å². The summed E-state index contributed by atoms with van der Waals surface area (Å²) in [5.74, 6) is 0.110. The summed E-state index contributed by atoms with van der Waals surface area (Å²) < 4.78 is 12.3. The number of amides is 2. The van der Waals surface area contributed by atoms with Gasteiger partial charge in [-0.25, -0.2) is 4.68 Å². The van der Waals surface area contributed by atoms with Crippen molar-refractivity contribution in [1.29, 1.82) is 0 Å². The molecule has 0 aliphatic carbocycles. The van der Waals surface area contributed by atoms with Gasteiger partial charge >= 0.3 is 0 Å². The Morgan fingerprint density at radius 3 is 2.41 bits per heavy atom. The standard InChI is InChI=1S/C26H20N4O4/c31-24(27-28-26(32)19-11-13-22-23(15-19)34-17-33-22)14-12-20-16-30(21-9-5-2-6-10-21)29-25(20)18-7-3-1-4-8-18/h1-16H,17H2,(H,27,31)(H,28,32). The summed E-state index contributed by atoms with van der Waals surface area (Å²) in [5, 5.41) is 4.71. The van der Waals surface area contributed by atoms with Crippen molar-refractivity contribution in [3.8, 4) is 28.4 Å². The van der Waals surface area contributed by atoms with Crippen LogP contribution in [-0.2, 0) is 4.79 Å². The molecule has 0 atom stereocenters. The maximum Gasteiger partial charge on any atom is 0.269 e. The summed E-state index contributed by atoms with van der Waals surface area (Å²) in [6.45, 7) is 0.119. The number of aromatic nitrogens is 2. The number of nitrogens with one attached hydrogen (secondary N) is 2. The van der Waals surface area contributed by atoms with E-state index >= 15 is 0 Å². The molecule has 0 radical (unpaired) electrons. The molecule has 1 aromatic heterocycles. The lowest BCUT2D eigenvalue weighted by molar-refractivity contribution is -0.117. The van der Waals surface area contributed by atoms with E-state index in [4.69, 9.17) is 14.6 Å². The van der Waals surface area contributed by atoms with Crippen LogP contribution in [0, 0.1) is 0 Å². The van der Waals surface area contributed by atoms with Gasteiger partial charge in [-0.05, 0) is 36.4 Å². The van der Waals surface area contributed by atoms with Gasteiger partial charge in [-0.3, -0.25) is 20.4 Å². The van der Waals surface area contributed by atoms with Crippen LogP contribution in [0.4, 0.5) is 0 Å². The lowest BCUT2D eigenvalue weighted by Gasteiger charge is -2.06. The molecule has 168 valence electrons. The smallest absolute Gasteiger partial charge is 0.269 e. The van der Waals surface area contributed by atoms with Crippen LogP contribution in [0.2, 0.25) is 0 Å². The molecule has 0 saturated heterocycles. The molecule has 1 aliphatic heterocycles. The lowest BCUT2D eigenvalue weighted by Crippen LogP contribution is -2.40. The second-order valence-corrected chi connectivity index (χ2v) is 7.42. The Labute approximate surface area is 195 Å². The summed E-state index contributed by atoms with van der Waals surface area (Å²) in [6.07, 6.45) is 4.86. The number of ether oxygens (including phenoxy) is 2. The summed E-state index contributed by atoms with van der Waals surface area (Å²) in [7, 11) is 0. The highest BCUT2D eigenvalue weighted by atomic mass is 16.7. The molecule has 3 aromatic carbocycles. The zero-order valence-electron chi connectivity index (χ0n) is 18.0. The van der Waals surface area contributed by atoms with E-state index in [9.17, 15) is 9.59 Å². The molecule has 8 heteroatoms. The van der Waals surface area contributed by atoms with Crippen molar-refractivity contribution in [3.05, 3.63) is 102 Å². The number of hydrogen-bond donors (Lipinski definition) is 2. The quantitative estimate of drug-likeness (QED) is 0.355. The van der Waals surface area contributed by atoms with Crippen LogP contribution >= 0.6 is 0 Å². The summed E-state index contributed by atoms with van der Waals surface area (Å²) in [4.78, 5) is 24.7. The first kappa shape index (κ1) is 21.0. The number of hydrazine groups is 1. The fourth-order valence-electron chi connectivity index (χ4n) is 3.48. The lowest BCUT2D eigenvalue weighted by atomic mass is 10.1. The first-order valence-electron chi connectivity index (χ1n) is 10.6. The Morgan fingerprint density at radius 1 is 0.882 bits per heavy atom. The molecule has 34 heavy (non-hydrogen) atoms. The minimum atomic E-state index is -0.486. The Balaban J connectivity index is 1.30. The minimum absolute atomic E-state index is 0.119. The zero-order chi connectivity index (χ0) is 23.3. The monoisotopic (exact) mass is 452 g/mol. The van der Waals surface area contributed by atoms with E-state index < -0.39 is 11.8 Å². The average molecular weight is 452 g/mol. The van der Waals surface area contributed by atoms with E-state index in [1.54, 1.807) is 29.0 Å². The highest BCUT2D eigenvalue weighted by Gasteiger charge is 2.16. The van der Waals surface area contributed by atoms with Gasteiger partial charge in [0.2, 0.25) is 6.79 Å². The van der Waals surface area contributed by atoms with Crippen LogP contribution in [0.25, 0.3) is 23.0 Å². The number of benzene rings is 3. The second kappa shape index (κ2) is 9.33. The van der Waals surface area contributed by atoms with Crippen molar-refractivity contribution in [1.82, 2.24) is 20.6 Å². The molecular weight excluding hydrogens is 432 g/mol. The second-order valence-electron chi connectivity index (χ2n) is 7.42. The van der Waals surface area contributed by atoms with E-state index in [-0.39, 0.29) is 6.79 Å². The Kier molecular flexibility index (Phi) is 5.77. The molecule has 1 aliphatic rings. The number of fused-ring (bicyclic) bond motifs is 1. The van der Waals surface area contributed by atoms with E-state index in [1.807, 2.05) is 66.9 Å². The third-order valence-electron chi connectivity index (χ3n) is 5.16. The van der Waals surface area contributed by atoms with Gasteiger partial charge in [0, 0.05) is 29.0 Å². The maximum atomic E-state index is 12.4. The van der Waals surface area contributed by atoms with Gasteiger partial charge in [0.1, 0.15) is 0 Å². The molecule has 0 saturated carbocycles. The number of carbonyl (C=O) groups is 2. The van der Waals surface area contributed by atoms with Crippen molar-refractivity contribution in [2.24, 2.45) is 0 Å². The Morgan fingerprint density at radius 2 is 1.62 bits per heavy atom. The summed E-state index contributed by atoms with van der Waals surface area (Å²) in [5.41, 5.74) is 8.44. The van der Waals surface area contributed by atoms with E-state index in [0.717, 1.165) is 22.5 Å².